The molecule has 0 saturated carbocycles. The van der Waals surface area contributed by atoms with E-state index in [0.717, 1.165) is 10.7 Å². The summed E-state index contributed by atoms with van der Waals surface area (Å²) in [4.78, 5) is 16.7. The Morgan fingerprint density at radius 1 is 1.63 bits per heavy atom. The van der Waals surface area contributed by atoms with E-state index >= 15 is 0 Å². The number of rotatable bonds is 3. The number of nitrogens with one attached hydrogen (secondary N) is 1. The van der Waals surface area contributed by atoms with Gasteiger partial charge in [0.15, 0.2) is 0 Å². The largest absolute Gasteiger partial charge is 0.381 e. The zero-order valence-electron chi connectivity index (χ0n) is 11.1. The van der Waals surface area contributed by atoms with E-state index in [2.05, 4.69) is 16.4 Å². The van der Waals surface area contributed by atoms with Crippen LogP contribution in [0, 0.1) is 23.7 Å². The predicted molar refractivity (Wildman–Crippen MR) is 71.5 cm³/mol. The first kappa shape index (κ1) is 14.0. The summed E-state index contributed by atoms with van der Waals surface area (Å²) in [6, 6.07) is 1.99. The smallest absolute Gasteiger partial charge is 0.241 e. The Morgan fingerprint density at radius 3 is 2.84 bits per heavy atom. The van der Waals surface area contributed by atoms with Gasteiger partial charge in [-0.2, -0.15) is 5.26 Å². The molecule has 0 bridgehead atoms. The van der Waals surface area contributed by atoms with Gasteiger partial charge in [-0.1, -0.05) is 0 Å². The van der Waals surface area contributed by atoms with Gasteiger partial charge in [-0.15, -0.1) is 11.3 Å². The SMILES string of the molecule is Cc1nc([C@H](C)NC(=O)C2(C#N)CCOCC2)cs1. The second-order valence-corrected chi connectivity index (χ2v) is 5.86. The highest BCUT2D eigenvalue weighted by atomic mass is 32.1. The molecule has 1 fully saturated rings. The van der Waals surface area contributed by atoms with Gasteiger partial charge >= 0.3 is 0 Å². The molecule has 2 heterocycles. The molecule has 6 heteroatoms. The lowest BCUT2D eigenvalue weighted by Crippen LogP contribution is -2.44. The topological polar surface area (TPSA) is 75.0 Å². The number of nitriles is 1. The highest BCUT2D eigenvalue weighted by molar-refractivity contribution is 7.09. The summed E-state index contributed by atoms with van der Waals surface area (Å²) < 4.78 is 5.23. The Balaban J connectivity index is 2.05. The van der Waals surface area contributed by atoms with E-state index in [4.69, 9.17) is 4.74 Å². The van der Waals surface area contributed by atoms with E-state index in [-0.39, 0.29) is 11.9 Å². The van der Waals surface area contributed by atoms with Crippen LogP contribution in [0.25, 0.3) is 0 Å². The monoisotopic (exact) mass is 279 g/mol. The summed E-state index contributed by atoms with van der Waals surface area (Å²) in [5, 5.41) is 15.1. The maximum atomic E-state index is 12.3. The second-order valence-electron chi connectivity index (χ2n) is 4.79. The number of amides is 1. The number of ether oxygens (including phenoxy) is 1. The van der Waals surface area contributed by atoms with Crippen LogP contribution in [0.2, 0.25) is 0 Å². The van der Waals surface area contributed by atoms with Crippen LogP contribution in [0.15, 0.2) is 5.38 Å². The van der Waals surface area contributed by atoms with Gasteiger partial charge < -0.3 is 10.1 Å². The van der Waals surface area contributed by atoms with E-state index in [1.54, 1.807) is 11.3 Å². The molecule has 0 spiro atoms. The number of hydrogen-bond donors (Lipinski definition) is 1. The molecule has 102 valence electrons. The van der Waals surface area contributed by atoms with Crippen LogP contribution in [0.3, 0.4) is 0 Å². The van der Waals surface area contributed by atoms with Crippen molar-refractivity contribution in [2.45, 2.75) is 32.7 Å². The van der Waals surface area contributed by atoms with Crippen molar-refractivity contribution >= 4 is 17.2 Å². The molecule has 19 heavy (non-hydrogen) atoms. The molecule has 1 amide bonds. The number of carbonyl (C=O) groups excluding carboxylic acids is 1. The first-order chi connectivity index (χ1) is 9.07. The minimum Gasteiger partial charge on any atom is -0.381 e. The lowest BCUT2D eigenvalue weighted by atomic mass is 9.80. The van der Waals surface area contributed by atoms with Crippen molar-refractivity contribution < 1.29 is 9.53 Å². The minimum atomic E-state index is -0.947. The molecule has 1 aliphatic rings. The normalized spacial score (nSPS) is 19.4. The molecule has 0 radical (unpaired) electrons. The summed E-state index contributed by atoms with van der Waals surface area (Å²) in [6.45, 7) is 4.74. The van der Waals surface area contributed by atoms with Gasteiger partial charge in [-0.25, -0.2) is 4.98 Å². The van der Waals surface area contributed by atoms with Gasteiger partial charge in [0.05, 0.1) is 22.8 Å². The number of aromatic nitrogens is 1. The second kappa shape index (κ2) is 5.68. The first-order valence-corrected chi connectivity index (χ1v) is 7.17. The zero-order chi connectivity index (χ0) is 13.9. The lowest BCUT2D eigenvalue weighted by Gasteiger charge is -2.30. The highest BCUT2D eigenvalue weighted by Crippen LogP contribution is 2.30. The summed E-state index contributed by atoms with van der Waals surface area (Å²) >= 11 is 1.55. The van der Waals surface area contributed by atoms with Crippen LogP contribution in [-0.2, 0) is 9.53 Å². The summed E-state index contributed by atoms with van der Waals surface area (Å²) in [7, 11) is 0. The maximum Gasteiger partial charge on any atom is 0.241 e. The third-order valence-corrected chi connectivity index (χ3v) is 4.21. The van der Waals surface area contributed by atoms with Gasteiger partial charge in [0, 0.05) is 18.6 Å². The van der Waals surface area contributed by atoms with E-state index in [9.17, 15) is 10.1 Å². The third kappa shape index (κ3) is 2.94. The molecule has 1 atom stereocenters. The van der Waals surface area contributed by atoms with Crippen LogP contribution in [-0.4, -0.2) is 24.1 Å². The van der Waals surface area contributed by atoms with Gasteiger partial charge in [-0.3, -0.25) is 4.79 Å². The van der Waals surface area contributed by atoms with E-state index in [1.165, 1.54) is 0 Å². The zero-order valence-corrected chi connectivity index (χ0v) is 11.9. The van der Waals surface area contributed by atoms with E-state index < -0.39 is 5.41 Å². The van der Waals surface area contributed by atoms with E-state index in [1.807, 2.05) is 19.2 Å². The van der Waals surface area contributed by atoms with Crippen LogP contribution >= 0.6 is 11.3 Å². The Labute approximate surface area is 116 Å². The molecule has 1 aliphatic heterocycles. The fraction of sp³-hybridized carbons (Fsp3) is 0.615. The Morgan fingerprint density at radius 2 is 2.32 bits per heavy atom. The van der Waals surface area contributed by atoms with Crippen molar-refractivity contribution in [3.8, 4) is 6.07 Å². The van der Waals surface area contributed by atoms with Gasteiger partial charge in [0.2, 0.25) is 5.91 Å². The minimum absolute atomic E-state index is 0.175. The van der Waals surface area contributed by atoms with Crippen LogP contribution in [0.1, 0.15) is 36.5 Å². The average molecular weight is 279 g/mol. The van der Waals surface area contributed by atoms with Crippen molar-refractivity contribution in [1.82, 2.24) is 10.3 Å². The number of hydrogen-bond acceptors (Lipinski definition) is 5. The van der Waals surface area contributed by atoms with Crippen molar-refractivity contribution in [2.24, 2.45) is 5.41 Å². The summed E-state index contributed by atoms with van der Waals surface area (Å²) in [5.41, 5.74) is -0.103. The molecule has 1 N–H and O–H groups in total. The molecule has 0 aliphatic carbocycles. The number of aryl methyl sites for hydroxylation is 1. The fourth-order valence-corrected chi connectivity index (χ4v) is 2.80. The first-order valence-electron chi connectivity index (χ1n) is 6.29. The molecule has 0 unspecified atom stereocenters. The average Bonchev–Trinajstić information content (AvgIpc) is 2.86. The Bertz CT molecular complexity index is 500. The highest BCUT2D eigenvalue weighted by Gasteiger charge is 2.41. The van der Waals surface area contributed by atoms with Crippen molar-refractivity contribution in [3.05, 3.63) is 16.1 Å². The summed E-state index contributed by atoms with van der Waals surface area (Å²) in [5.74, 6) is -0.212. The lowest BCUT2D eigenvalue weighted by molar-refractivity contribution is -0.133. The van der Waals surface area contributed by atoms with Crippen LogP contribution in [0.5, 0.6) is 0 Å². The molecule has 1 aromatic heterocycles. The van der Waals surface area contributed by atoms with E-state index in [0.29, 0.717) is 26.1 Å². The molecule has 2 rings (SSSR count). The Kier molecular flexibility index (Phi) is 4.17. The number of carbonyl (C=O) groups is 1. The van der Waals surface area contributed by atoms with Crippen molar-refractivity contribution in [2.75, 3.05) is 13.2 Å². The van der Waals surface area contributed by atoms with Crippen LogP contribution < -0.4 is 5.32 Å². The third-order valence-electron chi connectivity index (χ3n) is 3.42. The molecule has 5 nitrogen and oxygen atoms in total. The molecular weight excluding hydrogens is 262 g/mol. The quantitative estimate of drug-likeness (QED) is 0.917. The molecule has 0 aromatic carbocycles. The van der Waals surface area contributed by atoms with Crippen molar-refractivity contribution in [3.63, 3.8) is 0 Å². The molecule has 1 aromatic rings. The maximum absolute atomic E-state index is 12.3. The molecule has 1 saturated heterocycles. The standard InChI is InChI=1S/C13H17N3O2S/c1-9(11-7-19-10(2)16-11)15-12(17)13(8-14)3-5-18-6-4-13/h7,9H,3-6H2,1-2H3,(H,15,17)/t9-/m0/s1. The van der Waals surface area contributed by atoms with Gasteiger partial charge in [0.25, 0.3) is 0 Å². The van der Waals surface area contributed by atoms with Crippen LogP contribution in [0.4, 0.5) is 0 Å². The number of nitrogens with zero attached hydrogens (tertiary/aromatic N) is 2. The van der Waals surface area contributed by atoms with Gasteiger partial charge in [-0.05, 0) is 26.7 Å². The van der Waals surface area contributed by atoms with Crippen molar-refractivity contribution in [1.29, 1.82) is 5.26 Å². The number of thiazole rings is 1. The fourth-order valence-electron chi connectivity index (χ4n) is 2.10. The van der Waals surface area contributed by atoms with Gasteiger partial charge in [0.1, 0.15) is 5.41 Å². The Hall–Kier alpha value is -1.45. The summed E-state index contributed by atoms with van der Waals surface area (Å²) in [6.07, 6.45) is 0.913. The molecular formula is C13H17N3O2S. The predicted octanol–water partition coefficient (Wildman–Crippen LogP) is 1.95.